The van der Waals surface area contributed by atoms with Crippen LogP contribution >= 0.6 is 0 Å². The summed E-state index contributed by atoms with van der Waals surface area (Å²) in [5, 5.41) is 27.1. The number of para-hydroxylation sites is 1. The van der Waals surface area contributed by atoms with Crippen molar-refractivity contribution in [1.82, 2.24) is 20.9 Å². The van der Waals surface area contributed by atoms with Gasteiger partial charge in [-0.25, -0.2) is 4.79 Å². The molecule has 13 heteroatoms. The van der Waals surface area contributed by atoms with Crippen molar-refractivity contribution in [1.29, 1.82) is 0 Å². The quantitative estimate of drug-likeness (QED) is 0.140. The minimum Gasteiger partial charge on any atom is -0.480 e. The molecule has 1 heterocycles. The van der Waals surface area contributed by atoms with Gasteiger partial charge >= 0.3 is 5.97 Å². The number of aliphatic carboxylic acids is 1. The van der Waals surface area contributed by atoms with E-state index in [0.29, 0.717) is 6.42 Å². The average Bonchev–Trinajstić information content (AvgIpc) is 3.30. The molecule has 10 N–H and O–H groups in total. The maximum absolute atomic E-state index is 13.4. The smallest absolute Gasteiger partial charge is 0.326 e. The van der Waals surface area contributed by atoms with Gasteiger partial charge in [0.05, 0.1) is 6.61 Å². The molecule has 0 aliphatic heterocycles. The number of aromatic nitrogens is 1. The Kier molecular flexibility index (Phi) is 11.2. The fourth-order valence-electron chi connectivity index (χ4n) is 3.85. The Morgan fingerprint density at radius 2 is 1.66 bits per heavy atom. The van der Waals surface area contributed by atoms with E-state index in [1.54, 1.807) is 20.0 Å². The van der Waals surface area contributed by atoms with E-state index in [2.05, 4.69) is 20.9 Å². The van der Waals surface area contributed by atoms with E-state index < -0.39 is 66.3 Å². The van der Waals surface area contributed by atoms with Crippen molar-refractivity contribution >= 4 is 40.5 Å². The summed E-state index contributed by atoms with van der Waals surface area (Å²) in [5.41, 5.74) is 12.3. The first-order valence-corrected chi connectivity index (χ1v) is 12.3. The van der Waals surface area contributed by atoms with Crippen LogP contribution in [0, 0.1) is 5.92 Å². The third-order valence-corrected chi connectivity index (χ3v) is 6.35. The van der Waals surface area contributed by atoms with Gasteiger partial charge in [0.15, 0.2) is 0 Å². The van der Waals surface area contributed by atoms with Gasteiger partial charge in [0.1, 0.15) is 24.2 Å². The number of H-pyrrole nitrogens is 1. The highest BCUT2D eigenvalue weighted by molar-refractivity contribution is 5.95. The van der Waals surface area contributed by atoms with Gasteiger partial charge in [-0.1, -0.05) is 38.5 Å². The molecular formula is C25H36N6O7. The molecule has 2 aromatic rings. The molecule has 38 heavy (non-hydrogen) atoms. The van der Waals surface area contributed by atoms with E-state index in [-0.39, 0.29) is 19.3 Å². The molecule has 0 bridgehead atoms. The lowest BCUT2D eigenvalue weighted by atomic mass is 9.96. The molecule has 1 aromatic heterocycles. The van der Waals surface area contributed by atoms with Crippen LogP contribution in [0.4, 0.5) is 0 Å². The highest BCUT2D eigenvalue weighted by atomic mass is 16.4. The third-order valence-electron chi connectivity index (χ3n) is 6.35. The third kappa shape index (κ3) is 8.28. The zero-order chi connectivity index (χ0) is 28.4. The average molecular weight is 533 g/mol. The number of carbonyl (C=O) groups excluding carboxylic acids is 4. The molecule has 4 amide bonds. The number of benzene rings is 1. The Bertz CT molecular complexity index is 1150. The molecule has 0 saturated heterocycles. The van der Waals surface area contributed by atoms with Gasteiger partial charge in [0.25, 0.3) is 0 Å². The number of carboxylic acids is 1. The van der Waals surface area contributed by atoms with Crippen LogP contribution in [0.5, 0.6) is 0 Å². The van der Waals surface area contributed by atoms with Gasteiger partial charge in [-0.15, -0.1) is 0 Å². The zero-order valence-corrected chi connectivity index (χ0v) is 21.4. The predicted molar refractivity (Wildman–Crippen MR) is 138 cm³/mol. The van der Waals surface area contributed by atoms with Crippen molar-refractivity contribution in [2.45, 2.75) is 63.7 Å². The van der Waals surface area contributed by atoms with Gasteiger partial charge in [-0.3, -0.25) is 19.2 Å². The van der Waals surface area contributed by atoms with Crippen LogP contribution in [0.15, 0.2) is 30.5 Å². The van der Waals surface area contributed by atoms with E-state index in [0.717, 1.165) is 16.5 Å². The first-order chi connectivity index (χ1) is 18.0. The summed E-state index contributed by atoms with van der Waals surface area (Å²) in [6.07, 6.45) is 1.76. The number of nitrogens with one attached hydrogen (secondary N) is 4. The minimum atomic E-state index is -1.39. The number of aliphatic hydroxyl groups excluding tert-OH is 1. The van der Waals surface area contributed by atoms with Crippen molar-refractivity contribution in [2.75, 3.05) is 6.61 Å². The van der Waals surface area contributed by atoms with Crippen LogP contribution < -0.4 is 27.4 Å². The molecule has 0 aliphatic rings. The summed E-state index contributed by atoms with van der Waals surface area (Å²) in [6.45, 7) is 2.87. The normalized spacial score (nSPS) is 15.1. The van der Waals surface area contributed by atoms with E-state index in [9.17, 15) is 34.2 Å². The molecule has 0 aliphatic carbocycles. The molecular weight excluding hydrogens is 496 g/mol. The van der Waals surface area contributed by atoms with E-state index >= 15 is 0 Å². The Labute approximate surface area is 219 Å². The van der Waals surface area contributed by atoms with Gasteiger partial charge in [0.2, 0.25) is 23.6 Å². The topological polar surface area (TPSA) is 230 Å². The first-order valence-electron chi connectivity index (χ1n) is 12.3. The monoisotopic (exact) mass is 532 g/mol. The second kappa shape index (κ2) is 14.1. The second-order valence-corrected chi connectivity index (χ2v) is 9.19. The summed E-state index contributed by atoms with van der Waals surface area (Å²) < 4.78 is 0. The molecule has 5 unspecified atom stereocenters. The first kappa shape index (κ1) is 30.3. The number of fused-ring (bicyclic) bond motifs is 1. The maximum atomic E-state index is 13.4. The molecule has 208 valence electrons. The number of hydrogen-bond acceptors (Lipinski definition) is 7. The summed E-state index contributed by atoms with van der Waals surface area (Å²) in [7, 11) is 0. The number of aliphatic hydroxyl groups is 1. The fraction of sp³-hybridized carbons (Fsp3) is 0.480. The molecule has 0 fully saturated rings. The number of nitrogens with two attached hydrogens (primary N) is 2. The van der Waals surface area contributed by atoms with Crippen LogP contribution in [-0.4, -0.2) is 75.6 Å². The van der Waals surface area contributed by atoms with Crippen LogP contribution in [0.3, 0.4) is 0 Å². The van der Waals surface area contributed by atoms with Crippen molar-refractivity contribution in [3.8, 4) is 0 Å². The van der Waals surface area contributed by atoms with Crippen LogP contribution in [0.1, 0.15) is 38.7 Å². The SMILES string of the molecule is CCC(C)C(NC(=O)C(Cc1c[nH]c2ccccc12)NC(=O)C(N)CO)C(=O)NC(CCC(N)=O)C(=O)O. The van der Waals surface area contributed by atoms with Crippen LogP contribution in [-0.2, 0) is 30.4 Å². The lowest BCUT2D eigenvalue weighted by Gasteiger charge is -2.28. The largest absolute Gasteiger partial charge is 0.480 e. The van der Waals surface area contributed by atoms with E-state index in [1.807, 2.05) is 24.3 Å². The molecule has 13 nitrogen and oxygen atoms in total. The Morgan fingerprint density at radius 1 is 1.00 bits per heavy atom. The van der Waals surface area contributed by atoms with Crippen molar-refractivity contribution in [3.63, 3.8) is 0 Å². The summed E-state index contributed by atoms with van der Waals surface area (Å²) >= 11 is 0. The highest BCUT2D eigenvalue weighted by Crippen LogP contribution is 2.19. The number of carboxylic acid groups (broad SMARTS) is 1. The Hall–Kier alpha value is -3.97. The fourth-order valence-corrected chi connectivity index (χ4v) is 3.85. The summed E-state index contributed by atoms with van der Waals surface area (Å²) in [4.78, 5) is 64.8. The molecule has 5 atom stereocenters. The van der Waals surface area contributed by atoms with Crippen molar-refractivity contribution in [3.05, 3.63) is 36.0 Å². The summed E-state index contributed by atoms with van der Waals surface area (Å²) in [6, 6.07) is 2.43. The number of hydrogen-bond donors (Lipinski definition) is 8. The van der Waals surface area contributed by atoms with E-state index in [1.165, 1.54) is 0 Å². The van der Waals surface area contributed by atoms with Crippen molar-refractivity contribution < 1.29 is 34.2 Å². The minimum absolute atomic E-state index is 0.0466. The molecule has 2 rings (SSSR count). The van der Waals surface area contributed by atoms with Gasteiger partial charge in [-0.2, -0.15) is 0 Å². The lowest BCUT2D eigenvalue weighted by molar-refractivity contribution is -0.143. The second-order valence-electron chi connectivity index (χ2n) is 9.19. The standard InChI is InChI=1S/C25H36N6O7/c1-3-13(2)21(24(36)29-18(25(37)38)8-9-20(27)33)31-23(35)19(30-22(34)16(26)12-32)10-14-11-28-17-7-5-4-6-15(14)17/h4-7,11,13,16,18-19,21,28,32H,3,8-10,12,26H2,1-2H3,(H2,27,33)(H,29,36)(H,30,34)(H,31,35)(H,37,38). The van der Waals surface area contributed by atoms with Gasteiger partial charge < -0.3 is 42.6 Å². The summed E-state index contributed by atoms with van der Waals surface area (Å²) in [5.74, 6) is -4.68. The predicted octanol–water partition coefficient (Wildman–Crippen LogP) is -1.12. The number of amides is 4. The van der Waals surface area contributed by atoms with Gasteiger partial charge in [0, 0.05) is 29.9 Å². The number of rotatable bonds is 15. The van der Waals surface area contributed by atoms with Crippen molar-refractivity contribution in [2.24, 2.45) is 17.4 Å². The number of aromatic amines is 1. The lowest BCUT2D eigenvalue weighted by Crippen LogP contribution is -2.59. The maximum Gasteiger partial charge on any atom is 0.326 e. The highest BCUT2D eigenvalue weighted by Gasteiger charge is 2.33. The zero-order valence-electron chi connectivity index (χ0n) is 21.4. The molecule has 1 aromatic carbocycles. The Balaban J connectivity index is 2.29. The van der Waals surface area contributed by atoms with Crippen LogP contribution in [0.2, 0.25) is 0 Å². The molecule has 0 saturated carbocycles. The van der Waals surface area contributed by atoms with E-state index in [4.69, 9.17) is 11.5 Å². The molecule has 0 spiro atoms. The van der Waals surface area contributed by atoms with Crippen LogP contribution in [0.25, 0.3) is 10.9 Å². The molecule has 0 radical (unpaired) electrons. The number of primary amides is 1. The Morgan fingerprint density at radius 3 is 2.26 bits per heavy atom. The van der Waals surface area contributed by atoms with Gasteiger partial charge in [-0.05, 0) is 24.0 Å². The number of carbonyl (C=O) groups is 5.